The van der Waals surface area contributed by atoms with Crippen molar-refractivity contribution >= 4 is 15.7 Å². The largest absolute Gasteiger partial charge is 0.454 e. The highest BCUT2D eigenvalue weighted by molar-refractivity contribution is 7.92. The quantitative estimate of drug-likeness (QED) is 0.501. The number of hydrogen-bond acceptors (Lipinski definition) is 4. The second-order valence-corrected chi connectivity index (χ2v) is 8.95. The lowest BCUT2D eigenvalue weighted by Crippen LogP contribution is -2.20. The Kier molecular flexibility index (Phi) is 6.50. The van der Waals surface area contributed by atoms with Gasteiger partial charge in [-0.25, -0.2) is 17.2 Å². The van der Waals surface area contributed by atoms with Crippen molar-refractivity contribution in [2.45, 2.75) is 13.1 Å². The van der Waals surface area contributed by atoms with Crippen molar-refractivity contribution in [3.8, 4) is 22.6 Å². The molecule has 0 radical (unpaired) electrons. The highest BCUT2D eigenvalue weighted by Crippen LogP contribution is 2.42. The number of hydrogen-bond donors (Lipinski definition) is 1. The Hall–Kier alpha value is -3.41. The van der Waals surface area contributed by atoms with Gasteiger partial charge < -0.3 is 9.30 Å². The van der Waals surface area contributed by atoms with Crippen LogP contribution in [0, 0.1) is 11.6 Å². The first kappa shape index (κ1) is 24.2. The van der Waals surface area contributed by atoms with Gasteiger partial charge in [-0.3, -0.25) is 9.52 Å². The number of pyridine rings is 1. The van der Waals surface area contributed by atoms with E-state index in [0.29, 0.717) is 12.1 Å². The molecule has 0 saturated heterocycles. The van der Waals surface area contributed by atoms with Gasteiger partial charge in [-0.15, -0.1) is 0 Å². The fourth-order valence-corrected chi connectivity index (χ4v) is 3.53. The number of anilines is 1. The molecule has 0 amide bonds. The molecule has 12 heteroatoms. The third-order valence-electron chi connectivity index (χ3n) is 4.57. The minimum Gasteiger partial charge on any atom is -0.454 e. The summed E-state index contributed by atoms with van der Waals surface area (Å²) in [6.07, 6.45) is -4.04. The Morgan fingerprint density at radius 3 is 2.27 bits per heavy atom. The predicted octanol–water partition coefficient (Wildman–Crippen LogP) is 4.90. The molecule has 1 aromatic heterocycles. The van der Waals surface area contributed by atoms with Gasteiger partial charge in [-0.1, -0.05) is 0 Å². The van der Waals surface area contributed by atoms with Gasteiger partial charge in [-0.05, 0) is 37.3 Å². The van der Waals surface area contributed by atoms with Gasteiger partial charge in [0.1, 0.15) is 11.6 Å². The third kappa shape index (κ3) is 5.51. The molecule has 0 saturated carbocycles. The molecule has 0 atom stereocenters. The van der Waals surface area contributed by atoms with Crippen LogP contribution < -0.4 is 15.0 Å². The van der Waals surface area contributed by atoms with E-state index in [1.807, 2.05) is 0 Å². The first-order valence-electron chi connectivity index (χ1n) is 9.36. The number of alkyl halides is 3. The van der Waals surface area contributed by atoms with Gasteiger partial charge in [0.25, 0.3) is 5.56 Å². The van der Waals surface area contributed by atoms with E-state index >= 15 is 0 Å². The molecule has 0 fully saturated rings. The van der Waals surface area contributed by atoms with Crippen LogP contribution in [-0.2, 0) is 23.2 Å². The Morgan fingerprint density at radius 1 is 1.00 bits per heavy atom. The van der Waals surface area contributed by atoms with Gasteiger partial charge in [0.15, 0.2) is 11.6 Å². The van der Waals surface area contributed by atoms with E-state index in [9.17, 15) is 35.2 Å². The van der Waals surface area contributed by atoms with Gasteiger partial charge in [0, 0.05) is 42.2 Å². The Morgan fingerprint density at radius 2 is 1.67 bits per heavy atom. The van der Waals surface area contributed by atoms with Crippen molar-refractivity contribution < 1.29 is 35.1 Å². The van der Waals surface area contributed by atoms with Crippen LogP contribution in [0.5, 0.6) is 11.5 Å². The number of nitrogens with zero attached hydrogens (tertiary/aromatic N) is 1. The molecule has 0 aliphatic heterocycles. The molecule has 0 aliphatic rings. The van der Waals surface area contributed by atoms with Crippen molar-refractivity contribution in [2.75, 3.05) is 10.5 Å². The van der Waals surface area contributed by atoms with Crippen LogP contribution in [-0.4, -0.2) is 18.7 Å². The lowest BCUT2D eigenvalue weighted by Gasteiger charge is -2.18. The van der Waals surface area contributed by atoms with Crippen molar-refractivity contribution in [3.63, 3.8) is 0 Å². The van der Waals surface area contributed by atoms with Gasteiger partial charge in [-0.2, -0.15) is 13.2 Å². The number of nitrogens with one attached hydrogen (secondary N) is 1. The molecule has 2 aromatic carbocycles. The fraction of sp³-hybridized carbons (Fsp3) is 0.190. The standard InChI is InChI=1S/C21H17F5N2O4S/c1-3-33(30,31)27-13-5-7-18(32-19-6-4-12(22)8-17(19)23)14(9-13)15-11-28(2)20(29)10-16(15)21(24,25)26/h4-11,27H,3H2,1-2H3. The summed E-state index contributed by atoms with van der Waals surface area (Å²) in [5, 5.41) is 0. The molecule has 0 bridgehead atoms. The molecule has 6 nitrogen and oxygen atoms in total. The summed E-state index contributed by atoms with van der Waals surface area (Å²) in [6.45, 7) is 1.37. The van der Waals surface area contributed by atoms with Crippen molar-refractivity contribution in [3.05, 3.63) is 76.2 Å². The first-order chi connectivity index (χ1) is 15.3. The number of ether oxygens (including phenoxy) is 1. The van der Waals surface area contributed by atoms with Gasteiger partial charge in [0.05, 0.1) is 11.3 Å². The lowest BCUT2D eigenvalue weighted by atomic mass is 10.00. The topological polar surface area (TPSA) is 77.4 Å². The number of aromatic nitrogens is 1. The van der Waals surface area contributed by atoms with E-state index in [0.717, 1.165) is 35.0 Å². The van der Waals surface area contributed by atoms with E-state index in [-0.39, 0.29) is 22.8 Å². The molecular weight excluding hydrogens is 471 g/mol. The number of benzene rings is 2. The van der Waals surface area contributed by atoms with Crippen LogP contribution in [0.2, 0.25) is 0 Å². The predicted molar refractivity (Wildman–Crippen MR) is 112 cm³/mol. The van der Waals surface area contributed by atoms with Crippen LogP contribution >= 0.6 is 0 Å². The average Bonchev–Trinajstić information content (AvgIpc) is 2.71. The maximum Gasteiger partial charge on any atom is 0.417 e. The molecule has 1 N–H and O–H groups in total. The monoisotopic (exact) mass is 488 g/mol. The molecule has 176 valence electrons. The molecule has 3 aromatic rings. The second-order valence-electron chi connectivity index (χ2n) is 6.94. The summed E-state index contributed by atoms with van der Waals surface area (Å²) in [5.41, 5.74) is -3.11. The maximum atomic E-state index is 14.1. The summed E-state index contributed by atoms with van der Waals surface area (Å²) in [5.74, 6) is -3.05. The first-order valence-corrected chi connectivity index (χ1v) is 11.0. The number of rotatable bonds is 6. The van der Waals surface area contributed by atoms with Gasteiger partial charge >= 0.3 is 6.18 Å². The molecule has 0 unspecified atom stereocenters. The van der Waals surface area contributed by atoms with Gasteiger partial charge in [0.2, 0.25) is 10.0 Å². The zero-order valence-electron chi connectivity index (χ0n) is 17.2. The van der Waals surface area contributed by atoms with Crippen LogP contribution in [0.4, 0.5) is 27.6 Å². The number of aryl methyl sites for hydroxylation is 1. The Labute approximate surface area is 185 Å². The summed E-state index contributed by atoms with van der Waals surface area (Å²) in [6, 6.07) is 6.19. The highest BCUT2D eigenvalue weighted by atomic mass is 32.2. The average molecular weight is 488 g/mol. The number of sulfonamides is 1. The molecule has 3 rings (SSSR count). The van der Waals surface area contributed by atoms with Crippen molar-refractivity contribution in [2.24, 2.45) is 7.05 Å². The second kappa shape index (κ2) is 8.85. The fourth-order valence-electron chi connectivity index (χ4n) is 2.90. The molecule has 0 spiro atoms. The molecule has 0 aliphatic carbocycles. The zero-order chi connectivity index (χ0) is 24.6. The van der Waals surface area contributed by atoms with Crippen LogP contribution in [0.3, 0.4) is 0 Å². The van der Waals surface area contributed by atoms with Crippen LogP contribution in [0.25, 0.3) is 11.1 Å². The van der Waals surface area contributed by atoms with E-state index in [4.69, 9.17) is 4.74 Å². The summed E-state index contributed by atoms with van der Waals surface area (Å²) in [7, 11) is -2.55. The molecular formula is C21H17F5N2O4S. The lowest BCUT2D eigenvalue weighted by molar-refractivity contribution is -0.137. The maximum absolute atomic E-state index is 14.1. The SMILES string of the molecule is CCS(=O)(=O)Nc1ccc(Oc2ccc(F)cc2F)c(-c2cn(C)c(=O)cc2C(F)(F)F)c1. The van der Waals surface area contributed by atoms with E-state index < -0.39 is 50.3 Å². The normalized spacial score (nSPS) is 12.0. The highest BCUT2D eigenvalue weighted by Gasteiger charge is 2.35. The summed E-state index contributed by atoms with van der Waals surface area (Å²) >= 11 is 0. The Balaban J connectivity index is 2.27. The zero-order valence-corrected chi connectivity index (χ0v) is 18.0. The molecule has 33 heavy (non-hydrogen) atoms. The van der Waals surface area contributed by atoms with E-state index in [2.05, 4.69) is 4.72 Å². The smallest absolute Gasteiger partial charge is 0.417 e. The Bertz CT molecular complexity index is 1370. The van der Waals surface area contributed by atoms with Crippen LogP contribution in [0.15, 0.2) is 53.5 Å². The summed E-state index contributed by atoms with van der Waals surface area (Å²) < 4.78 is 101. The molecule has 1 heterocycles. The minimum absolute atomic E-state index is 0.0826. The third-order valence-corrected chi connectivity index (χ3v) is 5.88. The summed E-state index contributed by atoms with van der Waals surface area (Å²) in [4.78, 5) is 11.9. The minimum atomic E-state index is -4.94. The van der Waals surface area contributed by atoms with Crippen LogP contribution in [0.1, 0.15) is 12.5 Å². The van der Waals surface area contributed by atoms with E-state index in [1.165, 1.54) is 20.0 Å². The van der Waals surface area contributed by atoms with E-state index in [1.54, 1.807) is 0 Å². The van der Waals surface area contributed by atoms with Crippen molar-refractivity contribution in [1.82, 2.24) is 4.57 Å². The number of halogens is 5. The van der Waals surface area contributed by atoms with Crippen molar-refractivity contribution in [1.29, 1.82) is 0 Å².